The summed E-state index contributed by atoms with van der Waals surface area (Å²) in [7, 11) is 1.29. The Bertz CT molecular complexity index is 1530. The first kappa shape index (κ1) is 32.2. The van der Waals surface area contributed by atoms with Crippen LogP contribution in [0.2, 0.25) is 0 Å². The van der Waals surface area contributed by atoms with Crippen molar-refractivity contribution >= 4 is 35.0 Å². The summed E-state index contributed by atoms with van der Waals surface area (Å²) in [6, 6.07) is 11.0. The molecule has 0 spiro atoms. The quantitative estimate of drug-likeness (QED) is 0.214. The normalized spacial score (nSPS) is 12.5. The van der Waals surface area contributed by atoms with Gasteiger partial charge in [0.1, 0.15) is 0 Å². The van der Waals surface area contributed by atoms with E-state index in [0.29, 0.717) is 0 Å². The van der Waals surface area contributed by atoms with Crippen molar-refractivity contribution in [2.24, 2.45) is 0 Å². The number of halogens is 11. The third-order valence-corrected chi connectivity index (χ3v) is 6.25. The van der Waals surface area contributed by atoms with E-state index in [1.165, 1.54) is 43.4 Å². The van der Waals surface area contributed by atoms with Gasteiger partial charge in [-0.3, -0.25) is 9.59 Å². The predicted molar refractivity (Wildman–Crippen MR) is 129 cm³/mol. The molecule has 0 atom stereocenters. The first-order valence-corrected chi connectivity index (χ1v) is 11.5. The first-order chi connectivity index (χ1) is 19.2. The zero-order valence-corrected chi connectivity index (χ0v) is 21.4. The average molecular weight is 626 g/mol. The van der Waals surface area contributed by atoms with Crippen LogP contribution in [0.15, 0.2) is 66.7 Å². The Kier molecular flexibility index (Phi) is 8.56. The standard InChI is InChI=1S/C26H14ClF10N3O2/c1-39(21(41)15-7-5-14(13-38)6-8-15)18-4-2-3-16(11-18)22(42)40(27)20-10-9-17(12-19(20)24(29,30)31)23(28,25(32,33)34)26(35,36)37/h2-12H,1H3. The third kappa shape index (κ3) is 5.98. The van der Waals surface area contributed by atoms with Gasteiger partial charge in [-0.1, -0.05) is 12.1 Å². The van der Waals surface area contributed by atoms with Crippen LogP contribution in [0.1, 0.15) is 37.4 Å². The summed E-state index contributed by atoms with van der Waals surface area (Å²) in [4.78, 5) is 26.8. The van der Waals surface area contributed by atoms with Gasteiger partial charge < -0.3 is 4.90 Å². The fourth-order valence-corrected chi connectivity index (χ4v) is 3.95. The lowest BCUT2D eigenvalue weighted by atomic mass is 9.92. The van der Waals surface area contributed by atoms with E-state index in [4.69, 9.17) is 17.0 Å². The molecule has 16 heteroatoms. The number of carbonyl (C=O) groups excluding carboxylic acids is 2. The lowest BCUT2D eigenvalue weighted by molar-refractivity contribution is -0.348. The molecule has 0 unspecified atom stereocenters. The second-order valence-electron chi connectivity index (χ2n) is 8.57. The Balaban J connectivity index is 2.01. The second-order valence-corrected chi connectivity index (χ2v) is 8.91. The number of amides is 2. The molecule has 5 nitrogen and oxygen atoms in total. The predicted octanol–water partition coefficient (Wildman–Crippen LogP) is 7.94. The number of rotatable bonds is 5. The molecule has 3 rings (SSSR count). The maximum Gasteiger partial charge on any atom is 0.435 e. The van der Waals surface area contributed by atoms with Gasteiger partial charge >= 0.3 is 24.2 Å². The van der Waals surface area contributed by atoms with Crippen molar-refractivity contribution in [2.75, 3.05) is 16.4 Å². The van der Waals surface area contributed by atoms with Crippen molar-refractivity contribution in [2.45, 2.75) is 24.2 Å². The van der Waals surface area contributed by atoms with E-state index < -0.39 is 64.5 Å². The van der Waals surface area contributed by atoms with Crippen LogP contribution >= 0.6 is 11.8 Å². The van der Waals surface area contributed by atoms with Gasteiger partial charge in [-0.15, -0.1) is 0 Å². The smallest absolute Gasteiger partial charge is 0.311 e. The molecule has 0 aliphatic carbocycles. The molecule has 222 valence electrons. The molecule has 0 aliphatic rings. The largest absolute Gasteiger partial charge is 0.435 e. The zero-order chi connectivity index (χ0) is 31.8. The molecule has 3 aromatic carbocycles. The van der Waals surface area contributed by atoms with Crippen LogP contribution < -0.4 is 9.32 Å². The number of hydrogen-bond donors (Lipinski definition) is 0. The van der Waals surface area contributed by atoms with E-state index >= 15 is 0 Å². The van der Waals surface area contributed by atoms with E-state index in [0.717, 1.165) is 17.0 Å². The maximum absolute atomic E-state index is 14.4. The third-order valence-electron chi connectivity index (χ3n) is 5.92. The summed E-state index contributed by atoms with van der Waals surface area (Å²) in [6.45, 7) is 0. The topological polar surface area (TPSA) is 64.4 Å². The highest BCUT2D eigenvalue weighted by molar-refractivity contribution is 6.39. The summed E-state index contributed by atoms with van der Waals surface area (Å²) < 4.78 is 134. The van der Waals surface area contributed by atoms with Crippen molar-refractivity contribution < 1.29 is 53.5 Å². The number of benzene rings is 3. The van der Waals surface area contributed by atoms with E-state index in [-0.39, 0.29) is 33.4 Å². The van der Waals surface area contributed by atoms with Crippen LogP contribution in [-0.2, 0) is 11.8 Å². The molecule has 0 N–H and O–H groups in total. The van der Waals surface area contributed by atoms with Crippen molar-refractivity contribution in [3.8, 4) is 6.07 Å². The summed E-state index contributed by atoms with van der Waals surface area (Å²) >= 11 is 5.81. The van der Waals surface area contributed by atoms with Crippen LogP contribution in [0.5, 0.6) is 0 Å². The molecule has 0 bridgehead atoms. The Labute approximate surface area is 235 Å². The van der Waals surface area contributed by atoms with Gasteiger partial charge in [0.15, 0.2) is 0 Å². The van der Waals surface area contributed by atoms with Gasteiger partial charge in [0.05, 0.1) is 22.9 Å². The molecule has 0 aromatic heterocycles. The minimum Gasteiger partial charge on any atom is -0.311 e. The van der Waals surface area contributed by atoms with Crippen molar-refractivity contribution in [1.82, 2.24) is 0 Å². The lowest BCUT2D eigenvalue weighted by Gasteiger charge is -2.31. The molecule has 42 heavy (non-hydrogen) atoms. The highest BCUT2D eigenvalue weighted by Gasteiger charge is 2.73. The molecule has 0 fully saturated rings. The van der Waals surface area contributed by atoms with E-state index in [2.05, 4.69) is 0 Å². The number of alkyl halides is 10. The Morgan fingerprint density at radius 1 is 0.762 bits per heavy atom. The highest BCUT2D eigenvalue weighted by Crippen LogP contribution is 2.54. The molecule has 0 saturated carbocycles. The van der Waals surface area contributed by atoms with Gasteiger partial charge in [-0.05, 0) is 54.6 Å². The Morgan fingerprint density at radius 2 is 1.33 bits per heavy atom. The summed E-state index contributed by atoms with van der Waals surface area (Å²) in [5.41, 5.74) is -12.3. The van der Waals surface area contributed by atoms with Gasteiger partial charge in [0.25, 0.3) is 11.8 Å². The van der Waals surface area contributed by atoms with Gasteiger partial charge in [-0.25, -0.2) is 8.81 Å². The summed E-state index contributed by atoms with van der Waals surface area (Å²) in [5, 5.41) is 8.88. The fraction of sp³-hybridized carbons (Fsp3) is 0.192. The van der Waals surface area contributed by atoms with Crippen molar-refractivity contribution in [3.05, 3.63) is 94.5 Å². The average Bonchev–Trinajstić information content (AvgIpc) is 2.93. The van der Waals surface area contributed by atoms with Crippen molar-refractivity contribution in [1.29, 1.82) is 5.26 Å². The van der Waals surface area contributed by atoms with E-state index in [1.54, 1.807) is 0 Å². The molecular formula is C26H14ClF10N3O2. The van der Waals surface area contributed by atoms with Gasteiger partial charge in [0, 0.05) is 41.2 Å². The second kappa shape index (κ2) is 11.2. The number of hydrogen-bond acceptors (Lipinski definition) is 3. The SMILES string of the molecule is CN(C(=O)c1ccc(C#N)cc1)c1cccc(C(=O)N(Cl)c2ccc(C(F)(C(F)(F)F)C(F)(F)F)cc2C(F)(F)F)c1. The molecule has 3 aromatic rings. The molecular weight excluding hydrogens is 612 g/mol. The number of anilines is 2. The number of nitrogens with zero attached hydrogens (tertiary/aromatic N) is 3. The van der Waals surface area contributed by atoms with Crippen LogP contribution in [0.25, 0.3) is 0 Å². The van der Waals surface area contributed by atoms with Crippen molar-refractivity contribution in [3.63, 3.8) is 0 Å². The van der Waals surface area contributed by atoms with Crippen LogP contribution in [0.3, 0.4) is 0 Å². The first-order valence-electron chi connectivity index (χ1n) is 11.2. The molecule has 0 aliphatic heterocycles. The number of carbonyl (C=O) groups is 2. The Morgan fingerprint density at radius 3 is 1.83 bits per heavy atom. The molecule has 0 radical (unpaired) electrons. The van der Waals surface area contributed by atoms with Gasteiger partial charge in [0.2, 0.25) is 0 Å². The monoisotopic (exact) mass is 625 g/mol. The number of nitriles is 1. The molecule has 2 amide bonds. The van der Waals surface area contributed by atoms with Crippen LogP contribution in [-0.4, -0.2) is 31.2 Å². The fourth-order valence-electron chi connectivity index (χ4n) is 3.71. The van der Waals surface area contributed by atoms with Gasteiger partial charge in [-0.2, -0.15) is 44.8 Å². The van der Waals surface area contributed by atoms with E-state index in [1.807, 2.05) is 6.07 Å². The minimum atomic E-state index is -6.69. The summed E-state index contributed by atoms with van der Waals surface area (Å²) in [6.07, 6.45) is -19.1. The van der Waals surface area contributed by atoms with Crippen LogP contribution in [0, 0.1) is 11.3 Å². The summed E-state index contributed by atoms with van der Waals surface area (Å²) in [5.74, 6) is -2.04. The lowest BCUT2D eigenvalue weighted by Crippen LogP contribution is -2.50. The minimum absolute atomic E-state index is 0.000726. The highest BCUT2D eigenvalue weighted by atomic mass is 35.5. The molecule has 0 saturated heterocycles. The zero-order valence-electron chi connectivity index (χ0n) is 20.7. The Hall–Kier alpha value is -4.32. The van der Waals surface area contributed by atoms with E-state index in [9.17, 15) is 53.5 Å². The van der Waals surface area contributed by atoms with Crippen LogP contribution in [0.4, 0.5) is 55.3 Å². The maximum atomic E-state index is 14.4. The molecule has 0 heterocycles.